The summed E-state index contributed by atoms with van der Waals surface area (Å²) < 4.78 is 1.60. The van der Waals surface area contributed by atoms with E-state index in [1.807, 2.05) is 0 Å². The van der Waals surface area contributed by atoms with Crippen LogP contribution in [-0.4, -0.2) is 20.2 Å². The van der Waals surface area contributed by atoms with Crippen molar-refractivity contribution in [2.24, 2.45) is 5.92 Å². The second kappa shape index (κ2) is 2.57. The lowest BCUT2D eigenvalue weighted by Crippen LogP contribution is -2.04. The molecule has 0 N–H and O–H groups in total. The highest BCUT2D eigenvalue weighted by Crippen LogP contribution is 1.93. The Morgan fingerprint density at radius 3 is 2.78 bits per heavy atom. The average molecular weight is 125 g/mol. The third-order valence-corrected chi connectivity index (χ3v) is 0.891. The van der Waals surface area contributed by atoms with Crippen molar-refractivity contribution < 1.29 is 0 Å². The van der Waals surface area contributed by atoms with Gasteiger partial charge in [0.15, 0.2) is 0 Å². The quantitative estimate of drug-likeness (QED) is 0.564. The van der Waals surface area contributed by atoms with Crippen LogP contribution < -0.4 is 0 Å². The van der Waals surface area contributed by atoms with Crippen molar-refractivity contribution in [1.82, 2.24) is 20.2 Å². The van der Waals surface area contributed by atoms with Crippen LogP contribution in [0.1, 0.15) is 13.8 Å². The summed E-state index contributed by atoms with van der Waals surface area (Å²) in [5, 5.41) is 10.5. The Kier molecular flexibility index (Phi) is 1.77. The largest absolute Gasteiger partial charge is 0.222 e. The van der Waals surface area contributed by atoms with Crippen LogP contribution in [0.4, 0.5) is 0 Å². The molecule has 9 heavy (non-hydrogen) atoms. The molecular formula is C5H9N4. The topological polar surface area (TPSA) is 43.6 Å². The van der Waals surface area contributed by atoms with Gasteiger partial charge in [-0.25, -0.2) is 4.68 Å². The van der Waals surface area contributed by atoms with Gasteiger partial charge in [-0.2, -0.15) is 0 Å². The first-order valence-corrected chi connectivity index (χ1v) is 2.93. The van der Waals surface area contributed by atoms with Crippen LogP contribution in [0.2, 0.25) is 0 Å². The molecule has 0 bridgehead atoms. The molecule has 0 saturated heterocycles. The lowest BCUT2D eigenvalue weighted by atomic mass is 10.2. The van der Waals surface area contributed by atoms with E-state index in [2.05, 4.69) is 35.7 Å². The molecule has 0 fully saturated rings. The van der Waals surface area contributed by atoms with Crippen molar-refractivity contribution in [1.29, 1.82) is 0 Å². The standard InChI is InChI=1S/C5H9N4/c1-5(2)3-9-4-6-7-8-9/h5H,3H2,1-2H3. The molecule has 1 heterocycles. The van der Waals surface area contributed by atoms with Crippen LogP contribution in [0, 0.1) is 12.2 Å². The lowest BCUT2D eigenvalue weighted by molar-refractivity contribution is 0.469. The van der Waals surface area contributed by atoms with Gasteiger partial charge in [0.25, 0.3) is 0 Å². The fourth-order valence-electron chi connectivity index (χ4n) is 0.583. The maximum absolute atomic E-state index is 3.66. The number of hydrogen-bond acceptors (Lipinski definition) is 3. The van der Waals surface area contributed by atoms with E-state index in [1.54, 1.807) is 4.68 Å². The predicted octanol–water partition coefficient (Wildman–Crippen LogP) is 0.129. The fourth-order valence-corrected chi connectivity index (χ4v) is 0.583. The van der Waals surface area contributed by atoms with Gasteiger partial charge in [0.1, 0.15) is 0 Å². The molecule has 0 aromatic carbocycles. The van der Waals surface area contributed by atoms with Crippen LogP contribution in [0.15, 0.2) is 0 Å². The van der Waals surface area contributed by atoms with E-state index in [0.717, 1.165) is 6.54 Å². The highest BCUT2D eigenvalue weighted by Gasteiger charge is 1.95. The molecule has 0 spiro atoms. The summed E-state index contributed by atoms with van der Waals surface area (Å²) in [5.41, 5.74) is 0. The van der Waals surface area contributed by atoms with Crippen molar-refractivity contribution in [2.45, 2.75) is 20.4 Å². The minimum atomic E-state index is 0.574. The summed E-state index contributed by atoms with van der Waals surface area (Å²) in [6.45, 7) is 5.05. The zero-order valence-corrected chi connectivity index (χ0v) is 5.57. The molecule has 0 atom stereocenters. The van der Waals surface area contributed by atoms with Crippen LogP contribution in [0.25, 0.3) is 0 Å². The third kappa shape index (κ3) is 1.79. The Labute approximate surface area is 53.9 Å². The van der Waals surface area contributed by atoms with E-state index in [0.29, 0.717) is 5.92 Å². The first kappa shape index (κ1) is 6.19. The van der Waals surface area contributed by atoms with Crippen molar-refractivity contribution in [3.8, 4) is 0 Å². The molecule has 0 aliphatic heterocycles. The van der Waals surface area contributed by atoms with E-state index in [9.17, 15) is 0 Å². The SMILES string of the molecule is CC(C)Cn1[c]nnn1. The summed E-state index contributed by atoms with van der Waals surface area (Å²) in [5.74, 6) is 0.574. The lowest BCUT2D eigenvalue weighted by Gasteiger charge is -1.99. The smallest absolute Gasteiger partial charge is 0.221 e. The van der Waals surface area contributed by atoms with Crippen molar-refractivity contribution >= 4 is 0 Å². The highest BCUT2D eigenvalue weighted by molar-refractivity contribution is 4.46. The van der Waals surface area contributed by atoms with Crippen LogP contribution in [0.5, 0.6) is 0 Å². The van der Waals surface area contributed by atoms with Crippen LogP contribution in [0.3, 0.4) is 0 Å². The normalized spacial score (nSPS) is 10.6. The van der Waals surface area contributed by atoms with Crippen LogP contribution in [-0.2, 0) is 6.54 Å². The molecule has 1 rings (SSSR count). The number of nitrogens with zero attached hydrogens (tertiary/aromatic N) is 4. The molecule has 1 radical (unpaired) electrons. The molecule has 1 aromatic heterocycles. The first-order valence-electron chi connectivity index (χ1n) is 2.93. The van der Waals surface area contributed by atoms with Gasteiger partial charge >= 0.3 is 0 Å². The minimum Gasteiger partial charge on any atom is -0.222 e. The molecule has 0 aliphatic carbocycles. The van der Waals surface area contributed by atoms with Gasteiger partial charge in [0, 0.05) is 6.54 Å². The molecule has 0 aliphatic rings. The Balaban J connectivity index is 2.48. The number of hydrogen-bond donors (Lipinski definition) is 0. The van der Waals surface area contributed by atoms with Crippen molar-refractivity contribution in [3.05, 3.63) is 6.33 Å². The van der Waals surface area contributed by atoms with Crippen LogP contribution >= 0.6 is 0 Å². The Hall–Kier alpha value is -0.930. The number of tetrazole rings is 1. The predicted molar refractivity (Wildman–Crippen MR) is 31.5 cm³/mol. The molecule has 49 valence electrons. The molecule has 0 unspecified atom stereocenters. The summed E-state index contributed by atoms with van der Waals surface area (Å²) >= 11 is 0. The summed E-state index contributed by atoms with van der Waals surface area (Å²) in [4.78, 5) is 0. The summed E-state index contributed by atoms with van der Waals surface area (Å²) in [6, 6.07) is 0. The molecular weight excluding hydrogens is 116 g/mol. The van der Waals surface area contributed by atoms with Gasteiger partial charge in [-0.15, -0.1) is 5.10 Å². The van der Waals surface area contributed by atoms with E-state index in [-0.39, 0.29) is 0 Å². The zero-order chi connectivity index (χ0) is 6.69. The Bertz CT molecular complexity index is 155. The average Bonchev–Trinajstić information content (AvgIpc) is 2.15. The van der Waals surface area contributed by atoms with E-state index in [4.69, 9.17) is 0 Å². The summed E-state index contributed by atoms with van der Waals surface area (Å²) in [7, 11) is 0. The van der Waals surface area contributed by atoms with E-state index < -0.39 is 0 Å². The monoisotopic (exact) mass is 125 g/mol. The maximum Gasteiger partial charge on any atom is 0.221 e. The first-order chi connectivity index (χ1) is 4.29. The van der Waals surface area contributed by atoms with Gasteiger partial charge in [0.05, 0.1) is 0 Å². The minimum absolute atomic E-state index is 0.574. The fraction of sp³-hybridized carbons (Fsp3) is 0.800. The van der Waals surface area contributed by atoms with E-state index in [1.165, 1.54) is 0 Å². The van der Waals surface area contributed by atoms with Gasteiger partial charge in [-0.1, -0.05) is 13.8 Å². The molecule has 4 nitrogen and oxygen atoms in total. The van der Waals surface area contributed by atoms with Gasteiger partial charge in [0.2, 0.25) is 6.33 Å². The van der Waals surface area contributed by atoms with E-state index >= 15 is 0 Å². The molecule has 0 saturated carbocycles. The Morgan fingerprint density at radius 1 is 1.56 bits per heavy atom. The highest BCUT2D eigenvalue weighted by atomic mass is 15.5. The van der Waals surface area contributed by atoms with Gasteiger partial charge in [-0.05, 0) is 16.3 Å². The van der Waals surface area contributed by atoms with Crippen molar-refractivity contribution in [3.63, 3.8) is 0 Å². The second-order valence-electron chi connectivity index (χ2n) is 2.35. The maximum atomic E-state index is 3.66. The number of aromatic nitrogens is 4. The zero-order valence-electron chi connectivity index (χ0n) is 5.57. The number of rotatable bonds is 2. The molecule has 0 amide bonds. The van der Waals surface area contributed by atoms with Crippen molar-refractivity contribution in [2.75, 3.05) is 0 Å². The molecule has 1 aromatic rings. The summed E-state index contributed by atoms with van der Waals surface area (Å²) in [6.07, 6.45) is 2.61. The Morgan fingerprint density at radius 2 is 2.33 bits per heavy atom. The second-order valence-corrected chi connectivity index (χ2v) is 2.35. The van der Waals surface area contributed by atoms with Gasteiger partial charge < -0.3 is 0 Å². The molecule has 4 heteroatoms. The van der Waals surface area contributed by atoms with Gasteiger partial charge in [-0.3, -0.25) is 0 Å². The third-order valence-electron chi connectivity index (χ3n) is 0.891.